The van der Waals surface area contributed by atoms with Crippen molar-refractivity contribution in [1.82, 2.24) is 20.6 Å². The van der Waals surface area contributed by atoms with Gasteiger partial charge in [-0.15, -0.1) is 11.3 Å². The molecule has 0 saturated carbocycles. The van der Waals surface area contributed by atoms with Crippen LogP contribution in [0.15, 0.2) is 5.38 Å². The Morgan fingerprint density at radius 1 is 1.53 bits per heavy atom. The smallest absolute Gasteiger partial charge is 0.294 e. The summed E-state index contributed by atoms with van der Waals surface area (Å²) in [5, 5.41) is 4.91. The van der Waals surface area contributed by atoms with E-state index >= 15 is 0 Å². The molecule has 0 aromatic carbocycles. The number of hydrazine groups is 1. The summed E-state index contributed by atoms with van der Waals surface area (Å²) < 4.78 is 0. The fraction of sp³-hybridized carbons (Fsp3) is 0.545. The maximum absolute atomic E-state index is 11.6. The highest BCUT2D eigenvalue weighted by atomic mass is 32.1. The highest BCUT2D eigenvalue weighted by molar-refractivity contribution is 7.11. The Bertz CT molecular complexity index is 446. The second-order valence-electron chi connectivity index (χ2n) is 4.51. The zero-order valence-corrected chi connectivity index (χ0v) is 12.1. The summed E-state index contributed by atoms with van der Waals surface area (Å²) in [6.45, 7) is 4.61. The van der Waals surface area contributed by atoms with Gasteiger partial charge in [0.05, 0.1) is 12.2 Å². The topological polar surface area (TPSA) is 100 Å². The Labute approximate surface area is 116 Å². The third-order valence-corrected chi connectivity index (χ3v) is 3.06. The lowest BCUT2D eigenvalue weighted by Gasteiger charge is -2.16. The number of nitrogens with two attached hydrogens (primary N) is 1. The SMILES string of the molecule is CC(C)NC(=O)CN(C)Cc1csc(C(=O)NN)n1. The summed E-state index contributed by atoms with van der Waals surface area (Å²) in [5.74, 6) is 4.59. The van der Waals surface area contributed by atoms with E-state index in [1.807, 2.05) is 31.2 Å². The number of amides is 2. The number of nitrogen functional groups attached to an aromatic ring is 1. The van der Waals surface area contributed by atoms with E-state index < -0.39 is 5.91 Å². The minimum Gasteiger partial charge on any atom is -0.353 e. The predicted molar refractivity (Wildman–Crippen MR) is 73.4 cm³/mol. The fourth-order valence-electron chi connectivity index (χ4n) is 1.49. The average molecular weight is 285 g/mol. The third-order valence-electron chi connectivity index (χ3n) is 2.17. The lowest BCUT2D eigenvalue weighted by molar-refractivity contribution is -0.122. The van der Waals surface area contributed by atoms with Crippen LogP contribution in [-0.2, 0) is 11.3 Å². The Hall–Kier alpha value is -1.51. The molecule has 0 saturated heterocycles. The van der Waals surface area contributed by atoms with Gasteiger partial charge in [0.25, 0.3) is 5.91 Å². The Balaban J connectivity index is 2.48. The number of nitrogens with one attached hydrogen (secondary N) is 2. The van der Waals surface area contributed by atoms with Gasteiger partial charge in [-0.1, -0.05) is 0 Å². The molecule has 0 aliphatic rings. The van der Waals surface area contributed by atoms with Gasteiger partial charge in [-0.05, 0) is 20.9 Å². The van der Waals surface area contributed by atoms with Crippen LogP contribution in [0.5, 0.6) is 0 Å². The van der Waals surface area contributed by atoms with E-state index in [0.717, 1.165) is 5.69 Å². The molecule has 0 radical (unpaired) electrons. The molecule has 0 atom stereocenters. The molecule has 0 aliphatic carbocycles. The number of hydrogen-bond donors (Lipinski definition) is 3. The van der Waals surface area contributed by atoms with Crippen LogP contribution in [0.4, 0.5) is 0 Å². The molecular formula is C11H19N5O2S. The molecule has 2 amide bonds. The van der Waals surface area contributed by atoms with Crippen molar-refractivity contribution >= 4 is 23.2 Å². The largest absolute Gasteiger partial charge is 0.353 e. The summed E-state index contributed by atoms with van der Waals surface area (Å²) in [4.78, 5) is 28.8. The first-order valence-electron chi connectivity index (χ1n) is 5.85. The standard InChI is InChI=1S/C11H19N5O2S/c1-7(2)13-9(17)5-16(3)4-8-6-19-11(14-8)10(18)15-12/h6-7H,4-5,12H2,1-3H3,(H,13,17)(H,15,18). The Kier molecular flexibility index (Phi) is 5.87. The summed E-state index contributed by atoms with van der Waals surface area (Å²) in [7, 11) is 1.82. The van der Waals surface area contributed by atoms with Gasteiger partial charge >= 0.3 is 0 Å². The molecule has 106 valence electrons. The van der Waals surface area contributed by atoms with Crippen LogP contribution in [-0.4, -0.2) is 41.3 Å². The van der Waals surface area contributed by atoms with Crippen molar-refractivity contribution in [2.75, 3.05) is 13.6 Å². The zero-order chi connectivity index (χ0) is 14.4. The summed E-state index contributed by atoms with van der Waals surface area (Å²) >= 11 is 1.22. The number of thiazole rings is 1. The van der Waals surface area contributed by atoms with E-state index in [4.69, 9.17) is 5.84 Å². The number of hydrogen-bond acceptors (Lipinski definition) is 6. The number of rotatable bonds is 6. The van der Waals surface area contributed by atoms with Crippen LogP contribution < -0.4 is 16.6 Å². The van der Waals surface area contributed by atoms with Crippen LogP contribution in [0.25, 0.3) is 0 Å². The average Bonchev–Trinajstić information content (AvgIpc) is 2.74. The molecule has 1 rings (SSSR count). The highest BCUT2D eigenvalue weighted by Crippen LogP contribution is 2.10. The number of carbonyl (C=O) groups is 2. The van der Waals surface area contributed by atoms with Crippen LogP contribution in [0, 0.1) is 0 Å². The van der Waals surface area contributed by atoms with Crippen LogP contribution in [0.3, 0.4) is 0 Å². The molecule has 0 fully saturated rings. The molecule has 0 aliphatic heterocycles. The number of carbonyl (C=O) groups excluding carboxylic acids is 2. The van der Waals surface area contributed by atoms with E-state index in [2.05, 4.69) is 10.3 Å². The van der Waals surface area contributed by atoms with Gasteiger partial charge in [0.1, 0.15) is 0 Å². The van der Waals surface area contributed by atoms with Gasteiger partial charge < -0.3 is 5.32 Å². The minimum absolute atomic E-state index is 0.0346. The van der Waals surface area contributed by atoms with Crippen molar-refractivity contribution in [1.29, 1.82) is 0 Å². The van der Waals surface area contributed by atoms with Gasteiger partial charge in [-0.3, -0.25) is 19.9 Å². The van der Waals surface area contributed by atoms with Crippen molar-refractivity contribution in [3.8, 4) is 0 Å². The molecule has 0 unspecified atom stereocenters. The number of nitrogens with zero attached hydrogens (tertiary/aromatic N) is 2. The maximum Gasteiger partial charge on any atom is 0.294 e. The van der Waals surface area contributed by atoms with Gasteiger partial charge in [0.2, 0.25) is 5.91 Å². The molecule has 19 heavy (non-hydrogen) atoms. The summed E-state index contributed by atoms with van der Waals surface area (Å²) in [6, 6.07) is 0.125. The number of likely N-dealkylation sites (N-methyl/N-ethyl adjacent to an activating group) is 1. The highest BCUT2D eigenvalue weighted by Gasteiger charge is 2.12. The van der Waals surface area contributed by atoms with Crippen LogP contribution in [0.2, 0.25) is 0 Å². The Morgan fingerprint density at radius 2 is 2.21 bits per heavy atom. The van der Waals surface area contributed by atoms with Crippen molar-refractivity contribution in [3.05, 3.63) is 16.1 Å². The van der Waals surface area contributed by atoms with Crippen LogP contribution >= 0.6 is 11.3 Å². The quantitative estimate of drug-likeness (QED) is 0.378. The van der Waals surface area contributed by atoms with E-state index in [1.165, 1.54) is 11.3 Å². The molecule has 1 aromatic heterocycles. The first-order valence-corrected chi connectivity index (χ1v) is 6.73. The molecule has 1 aromatic rings. The van der Waals surface area contributed by atoms with Gasteiger partial charge in [0.15, 0.2) is 5.01 Å². The Morgan fingerprint density at radius 3 is 2.79 bits per heavy atom. The molecule has 7 nitrogen and oxygen atoms in total. The van der Waals surface area contributed by atoms with Crippen molar-refractivity contribution in [3.63, 3.8) is 0 Å². The monoisotopic (exact) mass is 285 g/mol. The zero-order valence-electron chi connectivity index (χ0n) is 11.3. The van der Waals surface area contributed by atoms with Gasteiger partial charge in [0, 0.05) is 18.0 Å². The van der Waals surface area contributed by atoms with Gasteiger partial charge in [-0.2, -0.15) is 0 Å². The lowest BCUT2D eigenvalue weighted by Crippen LogP contribution is -2.38. The van der Waals surface area contributed by atoms with Crippen molar-refractivity contribution in [2.24, 2.45) is 5.84 Å². The van der Waals surface area contributed by atoms with E-state index in [1.54, 1.807) is 5.38 Å². The van der Waals surface area contributed by atoms with Crippen molar-refractivity contribution in [2.45, 2.75) is 26.4 Å². The molecular weight excluding hydrogens is 266 g/mol. The van der Waals surface area contributed by atoms with E-state index in [9.17, 15) is 9.59 Å². The van der Waals surface area contributed by atoms with Crippen molar-refractivity contribution < 1.29 is 9.59 Å². The molecule has 4 N–H and O–H groups in total. The summed E-state index contributed by atoms with van der Waals surface area (Å²) in [5.41, 5.74) is 2.77. The predicted octanol–water partition coefficient (Wildman–Crippen LogP) is -0.297. The van der Waals surface area contributed by atoms with Crippen LogP contribution in [0.1, 0.15) is 29.3 Å². The molecule has 1 heterocycles. The fourth-order valence-corrected chi connectivity index (χ4v) is 2.20. The minimum atomic E-state index is -0.406. The summed E-state index contributed by atoms with van der Waals surface area (Å²) in [6.07, 6.45) is 0. The number of aromatic nitrogens is 1. The lowest BCUT2D eigenvalue weighted by atomic mass is 10.3. The second-order valence-corrected chi connectivity index (χ2v) is 5.37. The normalized spacial score (nSPS) is 10.8. The molecule has 0 spiro atoms. The third kappa shape index (κ3) is 5.33. The molecule has 0 bridgehead atoms. The van der Waals surface area contributed by atoms with E-state index in [0.29, 0.717) is 11.6 Å². The van der Waals surface area contributed by atoms with E-state index in [-0.39, 0.29) is 18.5 Å². The van der Waals surface area contributed by atoms with Gasteiger partial charge in [-0.25, -0.2) is 10.8 Å². The first kappa shape index (κ1) is 15.5. The molecule has 8 heteroatoms. The first-order chi connectivity index (χ1) is 8.92. The maximum atomic E-state index is 11.6. The second kappa shape index (κ2) is 7.17.